The summed E-state index contributed by atoms with van der Waals surface area (Å²) in [6.07, 6.45) is 0.120. The van der Waals surface area contributed by atoms with Crippen molar-refractivity contribution in [2.24, 2.45) is 22.7 Å². The lowest BCUT2D eigenvalue weighted by Crippen LogP contribution is -2.69. The van der Waals surface area contributed by atoms with Gasteiger partial charge in [0.05, 0.1) is 18.9 Å². The van der Waals surface area contributed by atoms with Gasteiger partial charge < -0.3 is 19.7 Å². The first-order chi connectivity index (χ1) is 15.5. The zero-order valence-corrected chi connectivity index (χ0v) is 19.9. The molecule has 33 heavy (non-hydrogen) atoms. The van der Waals surface area contributed by atoms with E-state index in [1.807, 2.05) is 6.92 Å². The molecule has 9 atom stereocenters. The smallest absolute Gasteiger partial charge is 0.193 e. The van der Waals surface area contributed by atoms with E-state index in [1.165, 1.54) is 6.08 Å². The van der Waals surface area contributed by atoms with E-state index in [1.54, 1.807) is 20.8 Å². The van der Waals surface area contributed by atoms with Gasteiger partial charge in [-0.2, -0.15) is 0 Å². The van der Waals surface area contributed by atoms with E-state index < -0.39 is 71.5 Å². The number of hydrogen-bond acceptors (Lipinski definition) is 6. The van der Waals surface area contributed by atoms with Crippen LogP contribution in [-0.4, -0.2) is 64.8 Å². The molecule has 0 aromatic heterocycles. The maximum Gasteiger partial charge on any atom is 0.193 e. The summed E-state index contributed by atoms with van der Waals surface area (Å²) in [6, 6.07) is 0. The standard InChI is InChI=1S/C25H36F2O6/c1-5-6-21-32-20-10-16-17(12-26)24(27,22(3)8-7-15(29)9-14(22)2)18(30)11-23(16,4)25(20,33-21)19(31)13-28/h9,16-18,20-21,28,30H,5-8,10-13H2,1-4H3. The van der Waals surface area contributed by atoms with Gasteiger partial charge in [0.2, 0.25) is 0 Å². The van der Waals surface area contributed by atoms with Gasteiger partial charge in [-0.25, -0.2) is 4.39 Å². The van der Waals surface area contributed by atoms with E-state index >= 15 is 4.39 Å². The van der Waals surface area contributed by atoms with Crippen molar-refractivity contribution in [1.29, 1.82) is 0 Å². The van der Waals surface area contributed by atoms with Crippen molar-refractivity contribution in [3.8, 4) is 0 Å². The molecule has 6 nitrogen and oxygen atoms in total. The summed E-state index contributed by atoms with van der Waals surface area (Å²) in [6.45, 7) is 5.21. The summed E-state index contributed by atoms with van der Waals surface area (Å²) in [7, 11) is 0. The minimum absolute atomic E-state index is 0.104. The minimum atomic E-state index is -2.34. The van der Waals surface area contributed by atoms with Gasteiger partial charge in [0.1, 0.15) is 6.61 Å². The van der Waals surface area contributed by atoms with Crippen molar-refractivity contribution < 1.29 is 38.1 Å². The summed E-state index contributed by atoms with van der Waals surface area (Å²) >= 11 is 0. The van der Waals surface area contributed by atoms with Crippen LogP contribution in [0.25, 0.3) is 0 Å². The van der Waals surface area contributed by atoms with Crippen LogP contribution >= 0.6 is 0 Å². The van der Waals surface area contributed by atoms with Gasteiger partial charge in [-0.1, -0.05) is 32.8 Å². The fraction of sp³-hybridized carbons (Fsp3) is 0.840. The summed E-state index contributed by atoms with van der Waals surface area (Å²) in [5, 5.41) is 21.2. The van der Waals surface area contributed by atoms with Crippen molar-refractivity contribution in [1.82, 2.24) is 0 Å². The monoisotopic (exact) mass is 470 g/mol. The topological polar surface area (TPSA) is 93.1 Å². The first kappa shape index (κ1) is 24.9. The molecule has 0 amide bonds. The van der Waals surface area contributed by atoms with Gasteiger partial charge in [-0.3, -0.25) is 14.0 Å². The van der Waals surface area contributed by atoms with Crippen LogP contribution in [0.1, 0.15) is 66.2 Å². The molecule has 0 spiro atoms. The molecule has 1 heterocycles. The molecule has 4 rings (SSSR count). The largest absolute Gasteiger partial charge is 0.390 e. The van der Waals surface area contributed by atoms with Crippen LogP contribution in [0, 0.1) is 22.7 Å². The predicted octanol–water partition coefficient (Wildman–Crippen LogP) is 3.23. The number of Topliss-reactive ketones (excluding diaryl/α,β-unsaturated/α-hetero) is 1. The zero-order chi connectivity index (χ0) is 24.4. The third-order valence-electron chi connectivity index (χ3n) is 9.56. The summed E-state index contributed by atoms with van der Waals surface area (Å²) < 4.78 is 44.3. The first-order valence-electron chi connectivity index (χ1n) is 12.1. The number of halogens is 2. The number of rotatable bonds is 6. The Morgan fingerprint density at radius 3 is 2.61 bits per heavy atom. The third-order valence-corrected chi connectivity index (χ3v) is 9.56. The van der Waals surface area contributed by atoms with Crippen LogP contribution in [0.3, 0.4) is 0 Å². The number of ether oxygens (including phenoxy) is 2. The number of hydrogen-bond donors (Lipinski definition) is 2. The highest BCUT2D eigenvalue weighted by Crippen LogP contribution is 2.69. The molecule has 0 aromatic carbocycles. The van der Waals surface area contributed by atoms with E-state index in [0.29, 0.717) is 12.0 Å². The SMILES string of the molecule is CCCC1OC2CC3C(CF)C(F)(C4(C)CCC(=O)C=C4C)C(O)CC3(C)C2(C(=O)CO)O1. The lowest BCUT2D eigenvalue weighted by atomic mass is 9.47. The van der Waals surface area contributed by atoms with Crippen LogP contribution in [0.15, 0.2) is 11.6 Å². The first-order valence-corrected chi connectivity index (χ1v) is 12.1. The predicted molar refractivity (Wildman–Crippen MR) is 116 cm³/mol. The lowest BCUT2D eigenvalue weighted by Gasteiger charge is -2.60. The highest BCUT2D eigenvalue weighted by Gasteiger charge is 2.78. The van der Waals surface area contributed by atoms with Crippen LogP contribution in [0.2, 0.25) is 0 Å². The van der Waals surface area contributed by atoms with Crippen molar-refractivity contribution >= 4 is 11.6 Å². The summed E-state index contributed by atoms with van der Waals surface area (Å²) in [4.78, 5) is 25.1. The molecule has 8 heteroatoms. The second kappa shape index (κ2) is 8.18. The van der Waals surface area contributed by atoms with Gasteiger partial charge in [0, 0.05) is 23.2 Å². The minimum Gasteiger partial charge on any atom is -0.390 e. The van der Waals surface area contributed by atoms with Gasteiger partial charge in [0.15, 0.2) is 29.1 Å². The molecule has 1 saturated heterocycles. The number of carbonyl (C=O) groups is 2. The molecule has 0 bridgehead atoms. The molecule has 9 unspecified atom stereocenters. The number of alkyl halides is 2. The van der Waals surface area contributed by atoms with Crippen molar-refractivity contribution in [2.75, 3.05) is 13.3 Å². The van der Waals surface area contributed by atoms with Crippen LogP contribution < -0.4 is 0 Å². The molecular formula is C25H36F2O6. The lowest BCUT2D eigenvalue weighted by molar-refractivity contribution is -0.233. The van der Waals surface area contributed by atoms with Crippen LogP contribution in [0.5, 0.6) is 0 Å². The van der Waals surface area contributed by atoms with E-state index in [0.717, 1.165) is 6.42 Å². The number of allylic oxidation sites excluding steroid dienone is 2. The highest BCUT2D eigenvalue weighted by molar-refractivity contribution is 5.92. The maximum atomic E-state index is 17.2. The normalized spacial score (nSPS) is 49.5. The number of ketones is 2. The number of aliphatic hydroxyl groups excluding tert-OH is 2. The fourth-order valence-electron chi connectivity index (χ4n) is 7.66. The Morgan fingerprint density at radius 2 is 2.03 bits per heavy atom. The van der Waals surface area contributed by atoms with Gasteiger partial charge in [-0.15, -0.1) is 0 Å². The molecule has 3 aliphatic carbocycles. The Balaban J connectivity index is 1.81. The second-order valence-electron chi connectivity index (χ2n) is 10.9. The van der Waals surface area contributed by atoms with Crippen molar-refractivity contribution in [2.45, 2.75) is 96.0 Å². The van der Waals surface area contributed by atoms with Gasteiger partial charge >= 0.3 is 0 Å². The molecule has 0 aromatic rings. The Labute approximate surface area is 193 Å². The average Bonchev–Trinajstić information content (AvgIpc) is 3.24. The Bertz CT molecular complexity index is 862. The molecular weight excluding hydrogens is 434 g/mol. The fourth-order valence-corrected chi connectivity index (χ4v) is 7.66. The number of fused-ring (bicyclic) bond motifs is 3. The van der Waals surface area contributed by atoms with E-state index in [9.17, 15) is 24.2 Å². The van der Waals surface area contributed by atoms with Crippen LogP contribution in [0.4, 0.5) is 8.78 Å². The molecule has 0 radical (unpaired) electrons. The quantitative estimate of drug-likeness (QED) is 0.619. The maximum absolute atomic E-state index is 17.2. The molecule has 2 N–H and O–H groups in total. The Kier molecular flexibility index (Phi) is 6.17. The van der Waals surface area contributed by atoms with Gasteiger partial charge in [-0.05, 0) is 44.6 Å². The van der Waals surface area contributed by atoms with E-state index in [4.69, 9.17) is 9.47 Å². The number of aliphatic hydroxyl groups is 2. The Morgan fingerprint density at radius 1 is 1.33 bits per heavy atom. The molecule has 3 fully saturated rings. The number of carbonyl (C=O) groups excluding carboxylic acids is 2. The van der Waals surface area contributed by atoms with Crippen molar-refractivity contribution in [3.05, 3.63) is 11.6 Å². The second-order valence-corrected chi connectivity index (χ2v) is 10.9. The summed E-state index contributed by atoms with van der Waals surface area (Å²) in [5.41, 5.74) is -5.74. The van der Waals surface area contributed by atoms with E-state index in [-0.39, 0.29) is 31.5 Å². The molecule has 186 valence electrons. The molecule has 1 aliphatic heterocycles. The highest BCUT2D eigenvalue weighted by atomic mass is 19.1. The van der Waals surface area contributed by atoms with Crippen molar-refractivity contribution in [3.63, 3.8) is 0 Å². The third kappa shape index (κ3) is 3.03. The Hall–Kier alpha value is -1.22. The summed E-state index contributed by atoms with van der Waals surface area (Å²) in [5.74, 6) is -2.55. The van der Waals surface area contributed by atoms with Crippen LogP contribution in [-0.2, 0) is 19.1 Å². The molecule has 2 saturated carbocycles. The van der Waals surface area contributed by atoms with Gasteiger partial charge in [0.25, 0.3) is 0 Å². The van der Waals surface area contributed by atoms with E-state index in [2.05, 4.69) is 0 Å². The average molecular weight is 471 g/mol. The molecule has 4 aliphatic rings. The zero-order valence-electron chi connectivity index (χ0n) is 19.9.